The van der Waals surface area contributed by atoms with Gasteiger partial charge in [-0.2, -0.15) is 0 Å². The normalized spacial score (nSPS) is 14.3. The zero-order valence-corrected chi connectivity index (χ0v) is 16.9. The van der Waals surface area contributed by atoms with Gasteiger partial charge in [-0.3, -0.25) is 19.3 Å². The average molecular weight is 412 g/mol. The van der Waals surface area contributed by atoms with Crippen molar-refractivity contribution in [2.24, 2.45) is 0 Å². The second-order valence-electron chi connectivity index (χ2n) is 6.44. The SMILES string of the molecule is Cc1nc(-c2ccc(CNC(=O)[C@@H](C)N3C(=O)c4ccccc4C3=O)s2)cs1. The van der Waals surface area contributed by atoms with Crippen molar-refractivity contribution in [3.63, 3.8) is 0 Å². The summed E-state index contributed by atoms with van der Waals surface area (Å²) >= 11 is 3.15. The second-order valence-corrected chi connectivity index (χ2v) is 8.67. The van der Waals surface area contributed by atoms with Crippen LogP contribution in [0.15, 0.2) is 41.8 Å². The molecule has 0 saturated heterocycles. The third-order valence-corrected chi connectivity index (χ3v) is 6.44. The fourth-order valence-electron chi connectivity index (χ4n) is 3.09. The minimum atomic E-state index is -0.881. The number of aromatic nitrogens is 1. The Morgan fingerprint density at radius 1 is 1.14 bits per heavy atom. The zero-order chi connectivity index (χ0) is 19.8. The number of nitrogens with zero attached hydrogens (tertiary/aromatic N) is 2. The average Bonchev–Trinajstić information content (AvgIpc) is 3.39. The van der Waals surface area contributed by atoms with Crippen molar-refractivity contribution >= 4 is 40.4 Å². The van der Waals surface area contributed by atoms with E-state index in [4.69, 9.17) is 0 Å². The van der Waals surface area contributed by atoms with Crippen LogP contribution in [0.25, 0.3) is 10.6 Å². The van der Waals surface area contributed by atoms with Gasteiger partial charge in [-0.1, -0.05) is 12.1 Å². The van der Waals surface area contributed by atoms with Crippen molar-refractivity contribution in [3.8, 4) is 10.6 Å². The van der Waals surface area contributed by atoms with Crippen LogP contribution in [0, 0.1) is 6.92 Å². The van der Waals surface area contributed by atoms with Crippen LogP contribution in [0.3, 0.4) is 0 Å². The summed E-state index contributed by atoms with van der Waals surface area (Å²) in [5.74, 6) is -1.23. The van der Waals surface area contributed by atoms with E-state index < -0.39 is 17.9 Å². The fourth-order valence-corrected chi connectivity index (χ4v) is 4.68. The summed E-state index contributed by atoms with van der Waals surface area (Å²) in [5, 5.41) is 5.84. The molecule has 0 saturated carbocycles. The van der Waals surface area contributed by atoms with Crippen LogP contribution in [0.1, 0.15) is 37.5 Å². The van der Waals surface area contributed by atoms with Crippen molar-refractivity contribution < 1.29 is 14.4 Å². The van der Waals surface area contributed by atoms with Crippen molar-refractivity contribution in [1.82, 2.24) is 15.2 Å². The maximum absolute atomic E-state index is 12.6. The predicted molar refractivity (Wildman–Crippen MR) is 108 cm³/mol. The number of benzene rings is 1. The van der Waals surface area contributed by atoms with Crippen LogP contribution < -0.4 is 5.32 Å². The third-order valence-electron chi connectivity index (χ3n) is 4.56. The Hall–Kier alpha value is -2.84. The van der Waals surface area contributed by atoms with Gasteiger partial charge in [0.2, 0.25) is 5.91 Å². The van der Waals surface area contributed by atoms with Crippen molar-refractivity contribution in [2.45, 2.75) is 26.4 Å². The molecule has 0 bridgehead atoms. The Morgan fingerprint density at radius 3 is 2.43 bits per heavy atom. The summed E-state index contributed by atoms with van der Waals surface area (Å²) in [6.45, 7) is 3.86. The highest BCUT2D eigenvalue weighted by molar-refractivity contribution is 7.16. The molecule has 142 valence electrons. The first-order valence-electron chi connectivity index (χ1n) is 8.71. The Bertz CT molecular complexity index is 1050. The molecular weight excluding hydrogens is 394 g/mol. The number of imide groups is 1. The van der Waals surface area contributed by atoms with Crippen LogP contribution in [-0.4, -0.2) is 33.6 Å². The van der Waals surface area contributed by atoms with E-state index in [1.165, 1.54) is 0 Å². The van der Waals surface area contributed by atoms with Gasteiger partial charge in [-0.05, 0) is 38.1 Å². The molecule has 1 aromatic carbocycles. The molecule has 28 heavy (non-hydrogen) atoms. The minimum Gasteiger partial charge on any atom is -0.349 e. The third kappa shape index (κ3) is 3.25. The number of thiophene rings is 1. The molecule has 3 heterocycles. The van der Waals surface area contributed by atoms with Gasteiger partial charge >= 0.3 is 0 Å². The molecule has 2 aromatic heterocycles. The van der Waals surface area contributed by atoms with E-state index in [-0.39, 0.29) is 5.91 Å². The molecule has 3 amide bonds. The topological polar surface area (TPSA) is 79.4 Å². The standard InChI is InChI=1S/C20H17N3O3S2/c1-11(23-19(25)14-5-3-4-6-15(14)20(23)26)18(24)21-9-13-7-8-17(28-13)16-10-27-12(2)22-16/h3-8,10-11H,9H2,1-2H3,(H,21,24)/t11-/m1/s1. The molecule has 0 radical (unpaired) electrons. The monoisotopic (exact) mass is 411 g/mol. The minimum absolute atomic E-state index is 0.333. The number of amides is 3. The Morgan fingerprint density at radius 2 is 1.82 bits per heavy atom. The lowest BCUT2D eigenvalue weighted by Gasteiger charge is -2.21. The number of aryl methyl sites for hydroxylation is 1. The van der Waals surface area contributed by atoms with E-state index >= 15 is 0 Å². The summed E-state index contributed by atoms with van der Waals surface area (Å²) in [7, 11) is 0. The van der Waals surface area contributed by atoms with Crippen LogP contribution in [-0.2, 0) is 11.3 Å². The Kier molecular flexibility index (Phi) is 4.82. The number of hydrogen-bond donors (Lipinski definition) is 1. The number of hydrogen-bond acceptors (Lipinski definition) is 6. The number of fused-ring (bicyclic) bond motifs is 1. The lowest BCUT2D eigenvalue weighted by atomic mass is 10.1. The molecule has 0 aliphatic carbocycles. The molecule has 8 heteroatoms. The molecule has 1 aliphatic rings. The first kappa shape index (κ1) is 18.5. The van der Waals surface area contributed by atoms with Gasteiger partial charge in [0.15, 0.2) is 0 Å². The van der Waals surface area contributed by atoms with Gasteiger partial charge in [0.1, 0.15) is 6.04 Å². The van der Waals surface area contributed by atoms with Crippen molar-refractivity contribution in [1.29, 1.82) is 0 Å². The molecular formula is C20H17N3O3S2. The quantitative estimate of drug-likeness (QED) is 0.652. The summed E-state index contributed by atoms with van der Waals surface area (Å²) in [5.41, 5.74) is 1.62. The van der Waals surface area contributed by atoms with Gasteiger partial charge in [0.25, 0.3) is 11.8 Å². The van der Waals surface area contributed by atoms with Crippen molar-refractivity contribution in [3.05, 3.63) is 62.8 Å². The van der Waals surface area contributed by atoms with Crippen LogP contribution in [0.4, 0.5) is 0 Å². The highest BCUT2D eigenvalue weighted by Gasteiger charge is 2.40. The van der Waals surface area contributed by atoms with Gasteiger partial charge < -0.3 is 5.32 Å². The largest absolute Gasteiger partial charge is 0.349 e. The second kappa shape index (κ2) is 7.29. The van der Waals surface area contributed by atoms with Gasteiger partial charge in [-0.15, -0.1) is 22.7 Å². The Labute approximate surface area is 169 Å². The highest BCUT2D eigenvalue weighted by atomic mass is 32.1. The summed E-state index contributed by atoms with van der Waals surface area (Å²) < 4.78 is 0. The number of carbonyl (C=O) groups is 3. The number of rotatable bonds is 5. The fraction of sp³-hybridized carbons (Fsp3) is 0.200. The molecule has 3 aromatic rings. The molecule has 1 N–H and O–H groups in total. The van der Waals surface area contributed by atoms with E-state index in [1.807, 2.05) is 24.4 Å². The molecule has 4 rings (SSSR count). The predicted octanol–water partition coefficient (Wildman–Crippen LogP) is 3.48. The van der Waals surface area contributed by atoms with Gasteiger partial charge in [0, 0.05) is 10.3 Å². The molecule has 1 aliphatic heterocycles. The van der Waals surface area contributed by atoms with Crippen LogP contribution in [0.5, 0.6) is 0 Å². The van der Waals surface area contributed by atoms with Crippen molar-refractivity contribution in [2.75, 3.05) is 0 Å². The van der Waals surface area contributed by atoms with E-state index in [9.17, 15) is 14.4 Å². The van der Waals surface area contributed by atoms with Crippen LogP contribution >= 0.6 is 22.7 Å². The number of nitrogens with one attached hydrogen (secondary N) is 1. The lowest BCUT2D eigenvalue weighted by Crippen LogP contribution is -2.47. The van der Waals surface area contributed by atoms with E-state index in [2.05, 4.69) is 10.3 Å². The first-order valence-corrected chi connectivity index (χ1v) is 10.4. The van der Waals surface area contributed by atoms with Gasteiger partial charge in [-0.25, -0.2) is 4.98 Å². The smallest absolute Gasteiger partial charge is 0.262 e. The molecule has 0 spiro atoms. The zero-order valence-electron chi connectivity index (χ0n) is 15.3. The van der Waals surface area contributed by atoms with Crippen LogP contribution in [0.2, 0.25) is 0 Å². The number of carbonyl (C=O) groups excluding carboxylic acids is 3. The maximum atomic E-state index is 12.6. The molecule has 0 fully saturated rings. The van der Waals surface area contributed by atoms with E-state index in [0.29, 0.717) is 17.7 Å². The summed E-state index contributed by atoms with van der Waals surface area (Å²) in [6.07, 6.45) is 0. The Balaban J connectivity index is 1.41. The maximum Gasteiger partial charge on any atom is 0.262 e. The van der Waals surface area contributed by atoms with E-state index in [1.54, 1.807) is 53.9 Å². The molecule has 6 nitrogen and oxygen atoms in total. The number of thiazole rings is 1. The highest BCUT2D eigenvalue weighted by Crippen LogP contribution is 2.29. The molecule has 1 atom stereocenters. The van der Waals surface area contributed by atoms with E-state index in [0.717, 1.165) is 25.4 Å². The summed E-state index contributed by atoms with van der Waals surface area (Å²) in [6, 6.07) is 9.66. The lowest BCUT2D eigenvalue weighted by molar-refractivity contribution is -0.124. The molecule has 0 unspecified atom stereocenters. The summed E-state index contributed by atoms with van der Waals surface area (Å²) in [4.78, 5) is 45.1. The van der Waals surface area contributed by atoms with Gasteiger partial charge in [0.05, 0.1) is 33.3 Å². The first-order chi connectivity index (χ1) is 13.5.